The maximum atomic E-state index is 12.6. The Morgan fingerprint density at radius 2 is 1.42 bits per heavy atom. The smallest absolute Gasteiger partial charge is 0.340 e. The van der Waals surface area contributed by atoms with Crippen LogP contribution >= 0.6 is 0 Å². The maximum absolute atomic E-state index is 12.6. The van der Waals surface area contributed by atoms with E-state index in [2.05, 4.69) is 0 Å². The van der Waals surface area contributed by atoms with Gasteiger partial charge in [0.15, 0.2) is 5.60 Å². The van der Waals surface area contributed by atoms with Crippen molar-refractivity contribution in [1.82, 2.24) is 0 Å². The second-order valence-corrected chi connectivity index (χ2v) is 6.21. The molecule has 0 bridgehead atoms. The second kappa shape index (κ2) is 6.03. The molecule has 0 aromatic heterocycles. The van der Waals surface area contributed by atoms with E-state index in [1.165, 1.54) is 0 Å². The summed E-state index contributed by atoms with van der Waals surface area (Å²) in [4.78, 5) is 12.6. The number of aryl methyl sites for hydroxylation is 1. The molecule has 1 atom stereocenters. The zero-order valence-electron chi connectivity index (χ0n) is 15.1. The Morgan fingerprint density at radius 1 is 0.769 bits per heavy atom. The van der Waals surface area contributed by atoms with Crippen LogP contribution in [0.2, 0.25) is 0 Å². The molecule has 3 nitrogen and oxygen atoms in total. The number of ether oxygens (including phenoxy) is 2. The summed E-state index contributed by atoms with van der Waals surface area (Å²) in [5, 5.41) is 0. The molecule has 0 radical (unpaired) electrons. The summed E-state index contributed by atoms with van der Waals surface area (Å²) < 4.78 is 12.1. The molecule has 0 aliphatic carbocycles. The van der Waals surface area contributed by atoms with Crippen LogP contribution in [0.3, 0.4) is 0 Å². The van der Waals surface area contributed by atoms with Crippen molar-refractivity contribution in [2.75, 3.05) is 0 Å². The van der Waals surface area contributed by atoms with Gasteiger partial charge in [-0.3, -0.25) is 0 Å². The molecule has 1 spiro atoms. The van der Waals surface area contributed by atoms with Gasteiger partial charge in [0.2, 0.25) is 0 Å². The summed E-state index contributed by atoms with van der Waals surface area (Å²) in [5.41, 5.74) is 3.37. The average molecular weight is 344 g/mol. The van der Waals surface area contributed by atoms with Crippen LogP contribution in [-0.4, -0.2) is 5.97 Å². The van der Waals surface area contributed by atoms with Crippen molar-refractivity contribution in [3.05, 3.63) is 94.5 Å². The number of hydrogen-bond donors (Lipinski definition) is 0. The van der Waals surface area contributed by atoms with E-state index in [1.54, 1.807) is 0 Å². The quantitative estimate of drug-likeness (QED) is 0.499. The lowest BCUT2D eigenvalue weighted by molar-refractivity contribution is 0.0224. The van der Waals surface area contributed by atoms with Gasteiger partial charge in [-0.1, -0.05) is 62.4 Å². The van der Waals surface area contributed by atoms with E-state index in [1.807, 2.05) is 87.5 Å². The lowest BCUT2D eigenvalue weighted by Gasteiger charge is -2.36. The zero-order valence-corrected chi connectivity index (χ0v) is 15.1. The van der Waals surface area contributed by atoms with Crippen LogP contribution in [0, 0.1) is 6.92 Å². The molecule has 3 aromatic rings. The third-order valence-corrected chi connectivity index (χ3v) is 4.77. The topological polar surface area (TPSA) is 35.5 Å². The molecule has 2 heterocycles. The minimum atomic E-state index is -0.939. The SMILES string of the molecule is CC.Cc1ccc2c(c1)Oc1ccccc1C21OC(=O)c2ccccc21. The predicted molar refractivity (Wildman–Crippen MR) is 101 cm³/mol. The molecule has 1 unspecified atom stereocenters. The molecule has 26 heavy (non-hydrogen) atoms. The van der Waals surface area contributed by atoms with Gasteiger partial charge in [-0.15, -0.1) is 0 Å². The van der Waals surface area contributed by atoms with Crippen molar-refractivity contribution in [2.45, 2.75) is 26.4 Å². The van der Waals surface area contributed by atoms with E-state index < -0.39 is 5.60 Å². The van der Waals surface area contributed by atoms with Gasteiger partial charge in [-0.05, 0) is 30.7 Å². The molecule has 3 aromatic carbocycles. The van der Waals surface area contributed by atoms with Crippen LogP contribution in [0.15, 0.2) is 66.7 Å². The monoisotopic (exact) mass is 344 g/mol. The highest BCUT2D eigenvalue weighted by molar-refractivity contribution is 5.97. The highest BCUT2D eigenvalue weighted by atomic mass is 16.6. The summed E-state index contributed by atoms with van der Waals surface area (Å²) in [6, 6.07) is 21.3. The minimum absolute atomic E-state index is 0.297. The van der Waals surface area contributed by atoms with Crippen LogP contribution in [0.4, 0.5) is 0 Å². The van der Waals surface area contributed by atoms with E-state index in [0.717, 1.165) is 33.8 Å². The fraction of sp³-hybridized carbons (Fsp3) is 0.174. The van der Waals surface area contributed by atoms with Crippen LogP contribution in [0.1, 0.15) is 46.5 Å². The number of esters is 1. The van der Waals surface area contributed by atoms with Crippen LogP contribution < -0.4 is 4.74 Å². The van der Waals surface area contributed by atoms with E-state index >= 15 is 0 Å². The van der Waals surface area contributed by atoms with Crippen molar-refractivity contribution in [1.29, 1.82) is 0 Å². The predicted octanol–water partition coefficient (Wildman–Crippen LogP) is 5.59. The van der Waals surface area contributed by atoms with Crippen molar-refractivity contribution < 1.29 is 14.3 Å². The summed E-state index contributed by atoms with van der Waals surface area (Å²) in [6.07, 6.45) is 0. The molecule has 2 aliphatic rings. The van der Waals surface area contributed by atoms with Crippen LogP contribution in [0.5, 0.6) is 11.5 Å². The van der Waals surface area contributed by atoms with Gasteiger partial charge in [-0.25, -0.2) is 4.79 Å². The van der Waals surface area contributed by atoms with Crippen molar-refractivity contribution in [3.63, 3.8) is 0 Å². The molecule has 0 saturated carbocycles. The molecular weight excluding hydrogens is 324 g/mol. The first-order valence-electron chi connectivity index (χ1n) is 8.91. The number of carbonyl (C=O) groups is 1. The highest BCUT2D eigenvalue weighted by Crippen LogP contribution is 2.55. The Kier molecular flexibility index (Phi) is 3.80. The largest absolute Gasteiger partial charge is 0.456 e. The Hall–Kier alpha value is -3.07. The first-order chi connectivity index (χ1) is 12.7. The van der Waals surface area contributed by atoms with Gasteiger partial charge < -0.3 is 9.47 Å². The van der Waals surface area contributed by atoms with Gasteiger partial charge in [-0.2, -0.15) is 0 Å². The first-order valence-corrected chi connectivity index (χ1v) is 8.91. The Morgan fingerprint density at radius 3 is 2.23 bits per heavy atom. The second-order valence-electron chi connectivity index (χ2n) is 6.21. The fourth-order valence-corrected chi connectivity index (χ4v) is 3.73. The number of para-hydroxylation sites is 1. The number of carbonyl (C=O) groups excluding carboxylic acids is 1. The summed E-state index contributed by atoms with van der Waals surface area (Å²) in [7, 11) is 0. The molecule has 3 heteroatoms. The lowest BCUT2D eigenvalue weighted by atomic mass is 9.77. The van der Waals surface area contributed by atoms with E-state index in [4.69, 9.17) is 9.47 Å². The molecule has 0 fully saturated rings. The van der Waals surface area contributed by atoms with E-state index in [0.29, 0.717) is 5.56 Å². The Balaban J connectivity index is 0.000000814. The summed E-state index contributed by atoms with van der Waals surface area (Å²) in [6.45, 7) is 6.02. The van der Waals surface area contributed by atoms with E-state index in [-0.39, 0.29) is 5.97 Å². The lowest BCUT2D eigenvalue weighted by Crippen LogP contribution is -2.32. The summed E-state index contributed by atoms with van der Waals surface area (Å²) >= 11 is 0. The standard InChI is InChI=1S/C21H14O3.C2H6/c1-13-10-11-17-19(12-13)23-18-9-5-4-8-16(18)21(17)15-7-3-2-6-14(15)20(22)24-21;1-2/h2-12H,1H3;1-2H3. The van der Waals surface area contributed by atoms with Gasteiger partial charge in [0, 0.05) is 16.7 Å². The normalized spacial score (nSPS) is 18.7. The van der Waals surface area contributed by atoms with Gasteiger partial charge in [0.1, 0.15) is 11.5 Å². The Labute approximate surface area is 153 Å². The maximum Gasteiger partial charge on any atom is 0.340 e. The molecule has 0 saturated heterocycles. The molecule has 0 N–H and O–H groups in total. The molecular formula is C23H20O3. The minimum Gasteiger partial charge on any atom is -0.456 e. The number of hydrogen-bond acceptors (Lipinski definition) is 3. The third-order valence-electron chi connectivity index (χ3n) is 4.77. The molecule has 5 rings (SSSR count). The van der Waals surface area contributed by atoms with Crippen molar-refractivity contribution in [2.24, 2.45) is 0 Å². The van der Waals surface area contributed by atoms with Gasteiger partial charge >= 0.3 is 5.97 Å². The Bertz CT molecular complexity index is 1010. The number of rotatable bonds is 0. The van der Waals surface area contributed by atoms with Crippen LogP contribution in [0.25, 0.3) is 0 Å². The number of fused-ring (bicyclic) bond motifs is 6. The van der Waals surface area contributed by atoms with Crippen LogP contribution in [-0.2, 0) is 10.3 Å². The average Bonchev–Trinajstić information content (AvgIpc) is 2.97. The highest BCUT2D eigenvalue weighted by Gasteiger charge is 2.53. The summed E-state index contributed by atoms with van der Waals surface area (Å²) in [5.74, 6) is 1.16. The zero-order chi connectivity index (χ0) is 18.3. The van der Waals surface area contributed by atoms with Gasteiger partial charge in [0.25, 0.3) is 0 Å². The third kappa shape index (κ3) is 2.10. The van der Waals surface area contributed by atoms with Gasteiger partial charge in [0.05, 0.1) is 5.56 Å². The van der Waals surface area contributed by atoms with E-state index in [9.17, 15) is 4.79 Å². The van der Waals surface area contributed by atoms with Crippen molar-refractivity contribution in [3.8, 4) is 11.5 Å². The molecule has 130 valence electrons. The van der Waals surface area contributed by atoms with Crippen molar-refractivity contribution >= 4 is 5.97 Å². The first kappa shape index (κ1) is 16.4. The molecule has 0 amide bonds. The fourth-order valence-electron chi connectivity index (χ4n) is 3.73. The number of benzene rings is 3. The molecule has 2 aliphatic heterocycles.